The lowest BCUT2D eigenvalue weighted by atomic mass is 9.99. The first-order valence-corrected chi connectivity index (χ1v) is 6.99. The highest BCUT2D eigenvalue weighted by atomic mass is 35.5. The molecule has 0 bridgehead atoms. The first-order valence-electron chi connectivity index (χ1n) is 6.61. The molecule has 0 aliphatic heterocycles. The second-order valence-electron chi connectivity index (χ2n) is 4.67. The molecule has 0 atom stereocenters. The van der Waals surface area contributed by atoms with Gasteiger partial charge < -0.3 is 0 Å². The molecule has 3 aromatic rings. The predicted molar refractivity (Wildman–Crippen MR) is 85.6 cm³/mol. The van der Waals surface area contributed by atoms with Crippen molar-refractivity contribution in [2.45, 2.75) is 0 Å². The van der Waals surface area contributed by atoms with Crippen molar-refractivity contribution in [2.75, 3.05) is 0 Å². The Balaban J connectivity index is 1.91. The van der Waals surface area contributed by atoms with Crippen LogP contribution in [-0.4, -0.2) is 5.78 Å². The van der Waals surface area contributed by atoms with Gasteiger partial charge in [0.1, 0.15) is 0 Å². The van der Waals surface area contributed by atoms with E-state index in [1.165, 1.54) is 0 Å². The molecule has 0 spiro atoms. The van der Waals surface area contributed by atoms with E-state index in [4.69, 9.17) is 11.6 Å². The normalized spacial score (nSPS) is 10.3. The fourth-order valence-corrected chi connectivity index (χ4v) is 2.42. The summed E-state index contributed by atoms with van der Waals surface area (Å²) < 4.78 is 0. The summed E-state index contributed by atoms with van der Waals surface area (Å²) in [5.74, 6) is -0.0615. The minimum absolute atomic E-state index is 0.0615. The van der Waals surface area contributed by atoms with Gasteiger partial charge in [0.15, 0.2) is 5.78 Å². The minimum Gasteiger partial charge on any atom is -0.289 e. The van der Waals surface area contributed by atoms with Crippen LogP contribution in [0.4, 0.5) is 0 Å². The van der Waals surface area contributed by atoms with Gasteiger partial charge in [-0.15, -0.1) is 0 Å². The molecular weight excluding hydrogens is 280 g/mol. The molecule has 0 heterocycles. The van der Waals surface area contributed by atoms with E-state index in [9.17, 15) is 4.79 Å². The van der Waals surface area contributed by atoms with Crippen molar-refractivity contribution in [3.63, 3.8) is 0 Å². The number of ketones is 1. The molecule has 1 nitrogen and oxygen atoms in total. The minimum atomic E-state index is -0.0615. The van der Waals surface area contributed by atoms with Crippen LogP contribution in [0.5, 0.6) is 0 Å². The monoisotopic (exact) mass is 291 g/mol. The zero-order valence-corrected chi connectivity index (χ0v) is 12.0. The second-order valence-corrected chi connectivity index (χ2v) is 5.08. The number of rotatable bonds is 3. The molecule has 0 saturated carbocycles. The van der Waals surface area contributed by atoms with Crippen molar-refractivity contribution in [3.8, 4) is 11.1 Å². The summed E-state index contributed by atoms with van der Waals surface area (Å²) in [6.07, 6.45) is 0. The zero-order valence-electron chi connectivity index (χ0n) is 11.2. The van der Waals surface area contributed by atoms with Crippen LogP contribution >= 0.6 is 11.6 Å². The van der Waals surface area contributed by atoms with Gasteiger partial charge in [-0.2, -0.15) is 0 Å². The first-order chi connectivity index (χ1) is 10.3. The summed E-state index contributed by atoms with van der Waals surface area (Å²) in [5, 5.41) is 0.477. The molecule has 0 amide bonds. The van der Waals surface area contributed by atoms with Crippen LogP contribution in [0.15, 0.2) is 72.8 Å². The number of carbonyl (C=O) groups is 1. The Morgan fingerprint density at radius 1 is 0.810 bits per heavy atom. The molecule has 0 aromatic heterocycles. The van der Waals surface area contributed by atoms with Crippen LogP contribution in [-0.2, 0) is 0 Å². The molecule has 3 aromatic carbocycles. The maximum absolute atomic E-state index is 12.4. The highest BCUT2D eigenvalue weighted by Crippen LogP contribution is 2.22. The van der Waals surface area contributed by atoms with E-state index >= 15 is 0 Å². The summed E-state index contributed by atoms with van der Waals surface area (Å²) in [6, 6.07) is 25.4. The summed E-state index contributed by atoms with van der Waals surface area (Å²) in [5.41, 5.74) is 3.33. The lowest BCUT2D eigenvalue weighted by Crippen LogP contribution is -2.01. The summed E-state index contributed by atoms with van der Waals surface area (Å²) in [7, 11) is 0. The van der Waals surface area contributed by atoms with E-state index in [1.807, 2.05) is 60.7 Å². The van der Waals surface area contributed by atoms with Gasteiger partial charge in [-0.3, -0.25) is 4.79 Å². The molecule has 101 valence electrons. The van der Waals surface area contributed by atoms with E-state index in [0.717, 1.165) is 11.1 Å². The molecule has 21 heavy (non-hydrogen) atoms. The van der Waals surface area contributed by atoms with Gasteiger partial charge in [0, 0.05) is 11.1 Å². The average molecular weight is 292 g/mol. The van der Waals surface area contributed by atoms with Crippen LogP contribution in [0.1, 0.15) is 15.9 Å². The lowest BCUT2D eigenvalue weighted by molar-refractivity contribution is 0.103. The van der Waals surface area contributed by atoms with Crippen LogP contribution in [0, 0.1) is 6.07 Å². The van der Waals surface area contributed by atoms with Crippen LogP contribution < -0.4 is 0 Å². The zero-order chi connectivity index (χ0) is 14.7. The quantitative estimate of drug-likeness (QED) is 0.618. The van der Waals surface area contributed by atoms with E-state index in [-0.39, 0.29) is 5.78 Å². The lowest BCUT2D eigenvalue weighted by Gasteiger charge is -2.05. The largest absolute Gasteiger partial charge is 0.289 e. The van der Waals surface area contributed by atoms with Gasteiger partial charge in [-0.1, -0.05) is 72.3 Å². The Hall–Kier alpha value is -2.38. The van der Waals surface area contributed by atoms with E-state index in [0.29, 0.717) is 16.1 Å². The van der Waals surface area contributed by atoms with Gasteiger partial charge in [0.25, 0.3) is 0 Å². The smallest absolute Gasteiger partial charge is 0.194 e. The topological polar surface area (TPSA) is 17.1 Å². The van der Waals surface area contributed by atoms with Gasteiger partial charge in [-0.25, -0.2) is 0 Å². The Labute approximate surface area is 128 Å². The van der Waals surface area contributed by atoms with Crippen molar-refractivity contribution in [3.05, 3.63) is 95.0 Å². The predicted octanol–water partition coefficient (Wildman–Crippen LogP) is 5.04. The van der Waals surface area contributed by atoms with Gasteiger partial charge in [0.2, 0.25) is 0 Å². The molecule has 0 aliphatic carbocycles. The summed E-state index contributed by atoms with van der Waals surface area (Å²) in [6.45, 7) is 0. The molecule has 3 rings (SSSR count). The molecule has 0 saturated heterocycles. The maximum atomic E-state index is 12.4. The molecule has 0 N–H and O–H groups in total. The molecular formula is C19H12ClO. The van der Waals surface area contributed by atoms with E-state index in [2.05, 4.69) is 6.07 Å². The molecule has 1 radical (unpaired) electrons. The third-order valence-corrected chi connectivity index (χ3v) is 3.65. The van der Waals surface area contributed by atoms with Crippen LogP contribution in [0.25, 0.3) is 11.1 Å². The molecule has 0 fully saturated rings. The fraction of sp³-hybridized carbons (Fsp3) is 0. The Bertz CT molecular complexity index is 761. The number of hydrogen-bond donors (Lipinski definition) is 0. The molecule has 2 heteroatoms. The van der Waals surface area contributed by atoms with Crippen LogP contribution in [0.3, 0.4) is 0 Å². The highest BCUT2D eigenvalue weighted by molar-refractivity contribution is 6.34. The second kappa shape index (κ2) is 5.94. The van der Waals surface area contributed by atoms with Crippen molar-refractivity contribution in [1.82, 2.24) is 0 Å². The summed E-state index contributed by atoms with van der Waals surface area (Å²) in [4.78, 5) is 12.4. The van der Waals surface area contributed by atoms with Gasteiger partial charge >= 0.3 is 0 Å². The highest BCUT2D eigenvalue weighted by Gasteiger charge is 2.12. The third-order valence-electron chi connectivity index (χ3n) is 3.32. The van der Waals surface area contributed by atoms with Crippen molar-refractivity contribution < 1.29 is 4.79 Å². The van der Waals surface area contributed by atoms with E-state index in [1.54, 1.807) is 12.1 Å². The van der Waals surface area contributed by atoms with Crippen molar-refractivity contribution in [1.29, 1.82) is 0 Å². The van der Waals surface area contributed by atoms with E-state index < -0.39 is 0 Å². The summed E-state index contributed by atoms with van der Waals surface area (Å²) >= 11 is 6.07. The molecule has 0 unspecified atom stereocenters. The standard InChI is InChI=1S/C19H12ClO/c20-18-9-5-4-8-17(18)19(21)16-12-10-15(11-13-16)14-6-2-1-3-7-14/h2-13H. The average Bonchev–Trinajstić information content (AvgIpc) is 2.56. The fourth-order valence-electron chi connectivity index (χ4n) is 2.19. The SMILES string of the molecule is O=C(c1ccc(-c2cc[c]cc2)cc1)c1ccccc1Cl. The Kier molecular flexibility index (Phi) is 3.85. The van der Waals surface area contributed by atoms with Crippen LogP contribution in [0.2, 0.25) is 5.02 Å². The van der Waals surface area contributed by atoms with Crippen molar-refractivity contribution >= 4 is 17.4 Å². The number of halogens is 1. The third kappa shape index (κ3) is 2.88. The van der Waals surface area contributed by atoms with Crippen molar-refractivity contribution in [2.24, 2.45) is 0 Å². The number of carbonyl (C=O) groups excluding carboxylic acids is 1. The van der Waals surface area contributed by atoms with Gasteiger partial charge in [-0.05, 0) is 29.3 Å². The molecule has 0 aliphatic rings. The first kappa shape index (κ1) is 13.6. The van der Waals surface area contributed by atoms with Gasteiger partial charge in [0.05, 0.1) is 5.02 Å². The maximum Gasteiger partial charge on any atom is 0.194 e. The Morgan fingerprint density at radius 3 is 2.10 bits per heavy atom. The Morgan fingerprint density at radius 2 is 1.43 bits per heavy atom. The number of benzene rings is 3. The number of hydrogen-bond acceptors (Lipinski definition) is 1.